The predicted octanol–water partition coefficient (Wildman–Crippen LogP) is 5.09. The topological polar surface area (TPSA) is 12.0 Å². The summed E-state index contributed by atoms with van der Waals surface area (Å²) in [6.45, 7) is 6.65. The van der Waals surface area contributed by atoms with Crippen molar-refractivity contribution in [2.45, 2.75) is 71.8 Å². The second-order valence-corrected chi connectivity index (χ2v) is 5.51. The normalized spacial score (nSPS) is 10.8. The van der Waals surface area contributed by atoms with Gasteiger partial charge in [0.25, 0.3) is 0 Å². The van der Waals surface area contributed by atoms with E-state index < -0.39 is 0 Å². The van der Waals surface area contributed by atoms with Crippen LogP contribution in [-0.2, 0) is 13.0 Å². The lowest BCUT2D eigenvalue weighted by Crippen LogP contribution is -2.14. The van der Waals surface area contributed by atoms with Crippen molar-refractivity contribution in [1.82, 2.24) is 5.32 Å². The smallest absolute Gasteiger partial charge is 0.0205 e. The summed E-state index contributed by atoms with van der Waals surface area (Å²) >= 11 is 0. The van der Waals surface area contributed by atoms with Crippen molar-refractivity contribution in [2.75, 3.05) is 6.54 Å². The molecule has 19 heavy (non-hydrogen) atoms. The number of benzene rings is 1. The van der Waals surface area contributed by atoms with E-state index in [4.69, 9.17) is 0 Å². The van der Waals surface area contributed by atoms with Crippen LogP contribution in [0.1, 0.15) is 69.9 Å². The SMILES string of the molecule is CCCCCCCc1ccc(CNCCCC)cc1. The van der Waals surface area contributed by atoms with Gasteiger partial charge in [-0.1, -0.05) is 70.2 Å². The highest BCUT2D eigenvalue weighted by molar-refractivity contribution is 5.22. The summed E-state index contributed by atoms with van der Waals surface area (Å²) in [6.07, 6.45) is 10.6. The minimum atomic E-state index is 1.01. The minimum Gasteiger partial charge on any atom is -0.313 e. The van der Waals surface area contributed by atoms with Gasteiger partial charge >= 0.3 is 0 Å². The lowest BCUT2D eigenvalue weighted by Gasteiger charge is -2.06. The lowest BCUT2D eigenvalue weighted by atomic mass is 10.0. The van der Waals surface area contributed by atoms with Crippen LogP contribution in [0, 0.1) is 0 Å². The van der Waals surface area contributed by atoms with Gasteiger partial charge in [0, 0.05) is 6.54 Å². The molecule has 1 rings (SSSR count). The van der Waals surface area contributed by atoms with E-state index in [-0.39, 0.29) is 0 Å². The summed E-state index contributed by atoms with van der Waals surface area (Å²) in [5.74, 6) is 0. The molecule has 1 nitrogen and oxygen atoms in total. The van der Waals surface area contributed by atoms with Crippen LogP contribution >= 0.6 is 0 Å². The highest BCUT2D eigenvalue weighted by Crippen LogP contribution is 2.10. The molecule has 0 aliphatic heterocycles. The standard InChI is InChI=1S/C18H31N/c1-3-5-7-8-9-10-17-11-13-18(14-12-17)16-19-15-6-4-2/h11-14,19H,3-10,15-16H2,1-2H3. The number of hydrogen-bond acceptors (Lipinski definition) is 1. The highest BCUT2D eigenvalue weighted by Gasteiger charge is 1.96. The van der Waals surface area contributed by atoms with Crippen molar-refractivity contribution < 1.29 is 0 Å². The largest absolute Gasteiger partial charge is 0.313 e. The van der Waals surface area contributed by atoms with E-state index in [2.05, 4.69) is 43.4 Å². The molecular weight excluding hydrogens is 230 g/mol. The van der Waals surface area contributed by atoms with E-state index in [0.29, 0.717) is 0 Å². The first-order valence-electron chi connectivity index (χ1n) is 8.15. The Labute approximate surface area is 119 Å². The van der Waals surface area contributed by atoms with Crippen molar-refractivity contribution in [3.05, 3.63) is 35.4 Å². The summed E-state index contributed by atoms with van der Waals surface area (Å²) < 4.78 is 0. The van der Waals surface area contributed by atoms with Crippen molar-refractivity contribution in [3.8, 4) is 0 Å². The molecule has 0 amide bonds. The van der Waals surface area contributed by atoms with Crippen LogP contribution in [0.4, 0.5) is 0 Å². The van der Waals surface area contributed by atoms with E-state index in [1.165, 1.54) is 62.5 Å². The Morgan fingerprint density at radius 1 is 0.737 bits per heavy atom. The monoisotopic (exact) mass is 261 g/mol. The Balaban J connectivity index is 2.16. The molecule has 108 valence electrons. The summed E-state index contributed by atoms with van der Waals surface area (Å²) in [4.78, 5) is 0. The third-order valence-corrected chi connectivity index (χ3v) is 3.63. The first-order valence-corrected chi connectivity index (χ1v) is 8.15. The van der Waals surface area contributed by atoms with Crippen molar-refractivity contribution in [2.24, 2.45) is 0 Å². The Kier molecular flexibility index (Phi) is 9.44. The molecule has 0 spiro atoms. The van der Waals surface area contributed by atoms with Gasteiger partial charge in [-0.2, -0.15) is 0 Å². The second kappa shape index (κ2) is 11.0. The average molecular weight is 261 g/mol. The molecule has 0 aliphatic rings. The van der Waals surface area contributed by atoms with Gasteiger partial charge < -0.3 is 5.32 Å². The molecule has 0 saturated carbocycles. The van der Waals surface area contributed by atoms with Crippen molar-refractivity contribution in [3.63, 3.8) is 0 Å². The Hall–Kier alpha value is -0.820. The Morgan fingerprint density at radius 2 is 1.37 bits per heavy atom. The van der Waals surface area contributed by atoms with Gasteiger partial charge in [-0.05, 0) is 36.9 Å². The molecule has 1 N–H and O–H groups in total. The summed E-state index contributed by atoms with van der Waals surface area (Å²) in [5, 5.41) is 3.49. The van der Waals surface area contributed by atoms with Gasteiger partial charge in [-0.15, -0.1) is 0 Å². The van der Waals surface area contributed by atoms with Crippen LogP contribution in [-0.4, -0.2) is 6.54 Å². The fraction of sp³-hybridized carbons (Fsp3) is 0.667. The van der Waals surface area contributed by atoms with Crippen LogP contribution in [0.3, 0.4) is 0 Å². The molecule has 0 atom stereocenters. The number of nitrogens with one attached hydrogen (secondary N) is 1. The molecule has 0 unspecified atom stereocenters. The molecule has 0 aromatic heterocycles. The van der Waals surface area contributed by atoms with Gasteiger partial charge in [-0.25, -0.2) is 0 Å². The van der Waals surface area contributed by atoms with E-state index in [0.717, 1.165) is 13.1 Å². The molecule has 0 fully saturated rings. The molecule has 1 aromatic carbocycles. The van der Waals surface area contributed by atoms with E-state index in [1.54, 1.807) is 0 Å². The van der Waals surface area contributed by atoms with Gasteiger partial charge in [0.05, 0.1) is 0 Å². The molecule has 1 heteroatoms. The maximum absolute atomic E-state index is 3.49. The van der Waals surface area contributed by atoms with Gasteiger partial charge in [0.2, 0.25) is 0 Å². The molecule has 1 aromatic rings. The van der Waals surface area contributed by atoms with Crippen LogP contribution in [0.5, 0.6) is 0 Å². The molecule has 0 bridgehead atoms. The fourth-order valence-electron chi connectivity index (χ4n) is 2.29. The first-order chi connectivity index (χ1) is 9.36. The third-order valence-electron chi connectivity index (χ3n) is 3.63. The van der Waals surface area contributed by atoms with Crippen LogP contribution in [0.15, 0.2) is 24.3 Å². The zero-order valence-electron chi connectivity index (χ0n) is 12.9. The molecule has 0 radical (unpaired) electrons. The lowest BCUT2D eigenvalue weighted by molar-refractivity contribution is 0.631. The van der Waals surface area contributed by atoms with Crippen LogP contribution < -0.4 is 5.32 Å². The Morgan fingerprint density at radius 3 is 2.05 bits per heavy atom. The third kappa shape index (κ3) is 8.05. The number of aryl methyl sites for hydroxylation is 1. The van der Waals surface area contributed by atoms with E-state index in [1.807, 2.05) is 0 Å². The highest BCUT2D eigenvalue weighted by atomic mass is 14.8. The average Bonchev–Trinajstić information content (AvgIpc) is 2.45. The van der Waals surface area contributed by atoms with Gasteiger partial charge in [-0.3, -0.25) is 0 Å². The fourth-order valence-corrected chi connectivity index (χ4v) is 2.29. The quantitative estimate of drug-likeness (QED) is 0.547. The zero-order chi connectivity index (χ0) is 13.8. The maximum Gasteiger partial charge on any atom is 0.0205 e. The molecule has 0 aliphatic carbocycles. The number of hydrogen-bond donors (Lipinski definition) is 1. The first kappa shape index (κ1) is 16.2. The predicted molar refractivity (Wildman–Crippen MR) is 85.5 cm³/mol. The number of unbranched alkanes of at least 4 members (excludes halogenated alkanes) is 5. The minimum absolute atomic E-state index is 1.01. The summed E-state index contributed by atoms with van der Waals surface area (Å²) in [6, 6.07) is 9.16. The number of rotatable bonds is 11. The van der Waals surface area contributed by atoms with Crippen LogP contribution in [0.2, 0.25) is 0 Å². The van der Waals surface area contributed by atoms with Gasteiger partial charge in [0.1, 0.15) is 0 Å². The van der Waals surface area contributed by atoms with Crippen LogP contribution in [0.25, 0.3) is 0 Å². The second-order valence-electron chi connectivity index (χ2n) is 5.51. The molecule has 0 saturated heterocycles. The van der Waals surface area contributed by atoms with Gasteiger partial charge in [0.15, 0.2) is 0 Å². The summed E-state index contributed by atoms with van der Waals surface area (Å²) in [7, 11) is 0. The zero-order valence-corrected chi connectivity index (χ0v) is 12.9. The van der Waals surface area contributed by atoms with E-state index >= 15 is 0 Å². The van der Waals surface area contributed by atoms with E-state index in [9.17, 15) is 0 Å². The maximum atomic E-state index is 3.49. The molecular formula is C18H31N. The molecule has 0 heterocycles. The van der Waals surface area contributed by atoms with Crippen molar-refractivity contribution >= 4 is 0 Å². The summed E-state index contributed by atoms with van der Waals surface area (Å²) in [5.41, 5.74) is 2.90. The van der Waals surface area contributed by atoms with Crippen molar-refractivity contribution in [1.29, 1.82) is 0 Å². The Bertz CT molecular complexity index is 302.